The fourth-order valence-corrected chi connectivity index (χ4v) is 1.88. The molecule has 0 fully saturated rings. The molecule has 0 aliphatic carbocycles. The van der Waals surface area contributed by atoms with E-state index in [1.54, 1.807) is 41.5 Å². The van der Waals surface area contributed by atoms with Crippen LogP contribution in [0.25, 0.3) is 0 Å². The van der Waals surface area contributed by atoms with Crippen molar-refractivity contribution in [1.29, 1.82) is 0 Å². The summed E-state index contributed by atoms with van der Waals surface area (Å²) in [4.78, 5) is 40.2. The lowest BCUT2D eigenvalue weighted by Gasteiger charge is -2.25. The number of rotatable bonds is 5. The van der Waals surface area contributed by atoms with Gasteiger partial charge >= 0.3 is 18.0 Å². The topological polar surface area (TPSA) is 99.5 Å². The summed E-state index contributed by atoms with van der Waals surface area (Å²) in [7, 11) is 0. The number of esters is 2. The van der Waals surface area contributed by atoms with Crippen LogP contribution in [0, 0.1) is 0 Å². The smallest absolute Gasteiger partial charge is 0.329 e. The molecule has 1 N–H and O–H groups in total. The zero-order chi connectivity index (χ0) is 19.3. The molecule has 0 unspecified atom stereocenters. The first kappa shape index (κ1) is 24.0. The summed E-state index contributed by atoms with van der Waals surface area (Å²) >= 11 is 0. The summed E-state index contributed by atoms with van der Waals surface area (Å²) in [6.45, 7) is 10.5. The summed E-state index contributed by atoms with van der Waals surface area (Å²) in [6, 6.07) is -1.50. The Kier molecular flexibility index (Phi) is 8.86. The maximum absolute atomic E-state index is 12.3. The maximum Gasteiger partial charge on any atom is 0.329 e. The molecule has 1 aromatic heterocycles. The zero-order valence-corrected chi connectivity index (χ0v) is 17.2. The Balaban J connectivity index is 0.00000625. The molecule has 0 aliphatic rings. The van der Waals surface area contributed by atoms with Gasteiger partial charge in [0.05, 0.1) is 0 Å². The van der Waals surface area contributed by atoms with Gasteiger partial charge in [0.15, 0.2) is 0 Å². The predicted octanol–water partition coefficient (Wildman–Crippen LogP) is 2.39. The van der Waals surface area contributed by atoms with Gasteiger partial charge in [-0.2, -0.15) is 13.5 Å². The van der Waals surface area contributed by atoms with Crippen molar-refractivity contribution in [2.75, 3.05) is 0 Å². The molecule has 1 amide bonds. The molecule has 0 aromatic carbocycles. The van der Waals surface area contributed by atoms with Crippen LogP contribution in [0.1, 0.15) is 54.4 Å². The van der Waals surface area contributed by atoms with E-state index in [2.05, 4.69) is 10.3 Å². The van der Waals surface area contributed by atoms with Crippen LogP contribution >= 0.6 is 13.5 Å². The van der Waals surface area contributed by atoms with E-state index in [0.29, 0.717) is 0 Å². The van der Waals surface area contributed by atoms with Gasteiger partial charge < -0.3 is 14.8 Å². The average Bonchev–Trinajstić information content (AvgIpc) is 2.93. The molecule has 0 bridgehead atoms. The maximum atomic E-state index is 12.3. The number of aromatic nitrogens is 2. The van der Waals surface area contributed by atoms with Crippen molar-refractivity contribution in [3.8, 4) is 0 Å². The first-order chi connectivity index (χ1) is 11.4. The van der Waals surface area contributed by atoms with Crippen LogP contribution in [0.2, 0.25) is 0 Å². The number of carbonyl (C=O) groups excluding carboxylic acids is 3. The minimum Gasteiger partial charge on any atom is -0.460 e. The molecule has 1 atom stereocenters. The van der Waals surface area contributed by atoms with Gasteiger partial charge in [0.1, 0.15) is 23.6 Å². The average molecular weight is 388 g/mol. The standard InChI is InChI=1S/C17H27N3O5.H2S/c1-16(2,3)24-13(21)8-7-12(14(22)25-17(4,5)6)19-15(23)20-10-9-18-11-20;/h9-12H,7-8H2,1-6H3,(H,19,23);1H2/t12-;/m0./s1. The Morgan fingerprint density at radius 2 is 1.65 bits per heavy atom. The molecule has 1 aromatic rings. The molecule has 8 nitrogen and oxygen atoms in total. The van der Waals surface area contributed by atoms with Gasteiger partial charge in [-0.15, -0.1) is 0 Å². The van der Waals surface area contributed by atoms with Crippen molar-refractivity contribution >= 4 is 31.5 Å². The third-order valence-electron chi connectivity index (χ3n) is 2.79. The number of imidazole rings is 1. The van der Waals surface area contributed by atoms with E-state index in [1.165, 1.54) is 23.3 Å². The molecule has 0 spiro atoms. The highest BCUT2D eigenvalue weighted by atomic mass is 32.1. The lowest BCUT2D eigenvalue weighted by Crippen LogP contribution is -2.45. The Labute approximate surface area is 161 Å². The van der Waals surface area contributed by atoms with Crippen molar-refractivity contribution in [3.63, 3.8) is 0 Å². The van der Waals surface area contributed by atoms with E-state index in [1.807, 2.05) is 0 Å². The van der Waals surface area contributed by atoms with Crippen molar-refractivity contribution < 1.29 is 23.9 Å². The fourth-order valence-electron chi connectivity index (χ4n) is 1.88. The molecule has 26 heavy (non-hydrogen) atoms. The van der Waals surface area contributed by atoms with Gasteiger partial charge in [-0.3, -0.25) is 9.36 Å². The molecular formula is C17H29N3O5S. The third-order valence-corrected chi connectivity index (χ3v) is 2.79. The van der Waals surface area contributed by atoms with Gasteiger partial charge in [-0.1, -0.05) is 0 Å². The molecule has 1 heterocycles. The molecule has 0 saturated heterocycles. The fraction of sp³-hybridized carbons (Fsp3) is 0.647. The third kappa shape index (κ3) is 9.45. The second-order valence-corrected chi connectivity index (χ2v) is 7.63. The van der Waals surface area contributed by atoms with Gasteiger partial charge in [-0.05, 0) is 48.0 Å². The number of hydrogen-bond donors (Lipinski definition) is 1. The van der Waals surface area contributed by atoms with E-state index < -0.39 is 35.2 Å². The Morgan fingerprint density at radius 1 is 1.08 bits per heavy atom. The summed E-state index contributed by atoms with van der Waals surface area (Å²) in [5.41, 5.74) is -1.32. The minimum absolute atomic E-state index is 0. The molecular weight excluding hydrogens is 358 g/mol. The van der Waals surface area contributed by atoms with Crippen LogP contribution in [0.15, 0.2) is 18.7 Å². The second-order valence-electron chi connectivity index (χ2n) is 7.63. The zero-order valence-electron chi connectivity index (χ0n) is 16.2. The van der Waals surface area contributed by atoms with E-state index in [9.17, 15) is 14.4 Å². The van der Waals surface area contributed by atoms with Crippen LogP contribution < -0.4 is 5.32 Å². The van der Waals surface area contributed by atoms with E-state index in [4.69, 9.17) is 9.47 Å². The van der Waals surface area contributed by atoms with Crippen molar-refractivity contribution in [1.82, 2.24) is 14.9 Å². The monoisotopic (exact) mass is 387 g/mol. The summed E-state index contributed by atoms with van der Waals surface area (Å²) < 4.78 is 11.7. The Morgan fingerprint density at radius 3 is 2.12 bits per heavy atom. The highest BCUT2D eigenvalue weighted by Gasteiger charge is 2.28. The van der Waals surface area contributed by atoms with Gasteiger partial charge in [-0.25, -0.2) is 14.6 Å². The summed E-state index contributed by atoms with van der Waals surface area (Å²) in [5, 5.41) is 2.56. The number of hydrogen-bond acceptors (Lipinski definition) is 6. The Bertz CT molecular complexity index is 603. The van der Waals surface area contributed by atoms with Crippen LogP contribution in [-0.4, -0.2) is 44.8 Å². The number of nitrogens with zero attached hydrogens (tertiary/aromatic N) is 2. The molecule has 0 saturated carbocycles. The van der Waals surface area contributed by atoms with Crippen LogP contribution in [-0.2, 0) is 19.1 Å². The SMILES string of the molecule is CC(C)(C)OC(=O)CC[C@H](NC(=O)n1ccnc1)C(=O)OC(C)(C)C.S. The molecule has 148 valence electrons. The number of ether oxygens (including phenoxy) is 2. The van der Waals surface area contributed by atoms with E-state index >= 15 is 0 Å². The predicted molar refractivity (Wildman–Crippen MR) is 101 cm³/mol. The van der Waals surface area contributed by atoms with Gasteiger partial charge in [0, 0.05) is 18.8 Å². The molecule has 1 rings (SSSR count). The lowest BCUT2D eigenvalue weighted by atomic mass is 10.1. The first-order valence-corrected chi connectivity index (χ1v) is 8.11. The molecule has 0 radical (unpaired) electrons. The summed E-state index contributed by atoms with van der Waals surface area (Å²) in [6.07, 6.45) is 4.27. The Hall–Kier alpha value is -2.03. The normalized spacial score (nSPS) is 12.5. The highest BCUT2D eigenvalue weighted by Crippen LogP contribution is 2.13. The first-order valence-electron chi connectivity index (χ1n) is 8.11. The van der Waals surface area contributed by atoms with Crippen LogP contribution in [0.5, 0.6) is 0 Å². The highest BCUT2D eigenvalue weighted by molar-refractivity contribution is 7.59. The van der Waals surface area contributed by atoms with Gasteiger partial charge in [0.2, 0.25) is 0 Å². The lowest BCUT2D eigenvalue weighted by molar-refractivity contribution is -0.158. The number of amides is 1. The van der Waals surface area contributed by atoms with Crippen molar-refractivity contribution in [2.24, 2.45) is 0 Å². The van der Waals surface area contributed by atoms with Crippen LogP contribution in [0.3, 0.4) is 0 Å². The van der Waals surface area contributed by atoms with E-state index in [0.717, 1.165) is 0 Å². The molecule has 9 heteroatoms. The van der Waals surface area contributed by atoms with Crippen molar-refractivity contribution in [2.45, 2.75) is 71.6 Å². The summed E-state index contributed by atoms with van der Waals surface area (Å²) in [5.74, 6) is -1.05. The quantitative estimate of drug-likeness (QED) is 0.779. The van der Waals surface area contributed by atoms with Crippen LogP contribution in [0.4, 0.5) is 4.79 Å². The number of carbonyl (C=O) groups is 3. The van der Waals surface area contributed by atoms with E-state index in [-0.39, 0.29) is 26.3 Å². The molecule has 0 aliphatic heterocycles. The minimum atomic E-state index is -0.971. The second kappa shape index (κ2) is 9.61. The van der Waals surface area contributed by atoms with Crippen molar-refractivity contribution in [3.05, 3.63) is 18.7 Å². The number of nitrogens with one attached hydrogen (secondary N) is 1. The van der Waals surface area contributed by atoms with Gasteiger partial charge in [0.25, 0.3) is 0 Å². The largest absolute Gasteiger partial charge is 0.460 e.